The Kier molecular flexibility index (Phi) is 3.32. The highest BCUT2D eigenvalue weighted by atomic mass is 32.1. The normalized spacial score (nSPS) is 14.2. The molecule has 0 unspecified atom stereocenters. The van der Waals surface area contributed by atoms with Crippen LogP contribution in [0, 0.1) is 6.92 Å². The second kappa shape index (κ2) is 5.79. The Bertz CT molecular complexity index is 1390. The molecule has 0 amide bonds. The number of benzene rings is 2. The molecule has 3 N–H and O–H groups in total. The van der Waals surface area contributed by atoms with E-state index in [0.29, 0.717) is 5.13 Å². The van der Waals surface area contributed by atoms with Gasteiger partial charge in [-0.05, 0) is 79.1 Å². The van der Waals surface area contributed by atoms with Crippen LogP contribution in [0.1, 0.15) is 29.5 Å². The number of rotatable bonds is 1. The van der Waals surface area contributed by atoms with E-state index in [1.54, 1.807) is 11.3 Å². The van der Waals surface area contributed by atoms with E-state index >= 15 is 0 Å². The van der Waals surface area contributed by atoms with E-state index in [1.807, 2.05) is 6.20 Å². The van der Waals surface area contributed by atoms with Gasteiger partial charge in [-0.15, -0.1) is 0 Å². The monoisotopic (exact) mass is 384 g/mol. The van der Waals surface area contributed by atoms with E-state index in [1.165, 1.54) is 57.1 Å². The number of nitrogens with zero attached hydrogens (tertiary/aromatic N) is 2. The lowest BCUT2D eigenvalue weighted by atomic mass is 9.85. The van der Waals surface area contributed by atoms with Gasteiger partial charge in [0.2, 0.25) is 0 Å². The molecule has 0 bridgehead atoms. The number of fused-ring (bicyclic) bond motifs is 6. The second-order valence-corrected chi connectivity index (χ2v) is 8.78. The van der Waals surface area contributed by atoms with E-state index in [4.69, 9.17) is 5.73 Å². The Balaban J connectivity index is 1.70. The first-order valence-electron chi connectivity index (χ1n) is 9.77. The average Bonchev–Trinajstić information content (AvgIpc) is 3.28. The van der Waals surface area contributed by atoms with Crippen molar-refractivity contribution in [3.05, 3.63) is 53.2 Å². The van der Waals surface area contributed by atoms with Crippen molar-refractivity contribution in [1.29, 1.82) is 0 Å². The van der Waals surface area contributed by atoms with Gasteiger partial charge < -0.3 is 10.7 Å². The first kappa shape index (κ1) is 16.1. The molecule has 28 heavy (non-hydrogen) atoms. The molecule has 1 aliphatic carbocycles. The summed E-state index contributed by atoms with van der Waals surface area (Å²) in [4.78, 5) is 12.8. The van der Waals surface area contributed by atoms with Crippen molar-refractivity contribution < 1.29 is 0 Å². The minimum absolute atomic E-state index is 0.623. The minimum Gasteiger partial charge on any atom is -0.375 e. The Hall–Kier alpha value is -2.92. The minimum atomic E-state index is 0.623. The number of nitrogens with one attached hydrogen (secondary N) is 1. The maximum Gasteiger partial charge on any atom is 0.181 e. The van der Waals surface area contributed by atoms with Crippen LogP contribution in [-0.4, -0.2) is 15.0 Å². The molecule has 0 aliphatic heterocycles. The smallest absolute Gasteiger partial charge is 0.181 e. The predicted octanol–water partition coefficient (Wildman–Crippen LogP) is 5.76. The maximum atomic E-state index is 5.92. The molecule has 5 heteroatoms. The average molecular weight is 385 g/mol. The summed E-state index contributed by atoms with van der Waals surface area (Å²) < 4.78 is 1.14. The van der Waals surface area contributed by atoms with Crippen LogP contribution >= 0.6 is 11.3 Å². The number of hydrogen-bond donors (Lipinski definition) is 2. The van der Waals surface area contributed by atoms with Gasteiger partial charge in [-0.25, -0.2) is 4.98 Å². The largest absolute Gasteiger partial charge is 0.375 e. The summed E-state index contributed by atoms with van der Waals surface area (Å²) in [6.45, 7) is 2.17. The first-order chi connectivity index (χ1) is 13.7. The zero-order valence-electron chi connectivity index (χ0n) is 15.7. The third-order valence-electron chi connectivity index (χ3n) is 6.00. The molecule has 138 valence electrons. The summed E-state index contributed by atoms with van der Waals surface area (Å²) in [6, 6.07) is 10.8. The number of pyridine rings is 1. The molecule has 0 radical (unpaired) electrons. The highest BCUT2D eigenvalue weighted by Crippen LogP contribution is 2.39. The van der Waals surface area contributed by atoms with Crippen molar-refractivity contribution in [3.8, 4) is 11.3 Å². The molecule has 5 aromatic rings. The van der Waals surface area contributed by atoms with Crippen molar-refractivity contribution in [3.63, 3.8) is 0 Å². The maximum absolute atomic E-state index is 5.92. The number of aromatic amines is 1. The molecule has 0 saturated heterocycles. The van der Waals surface area contributed by atoms with Crippen LogP contribution in [0.3, 0.4) is 0 Å². The summed E-state index contributed by atoms with van der Waals surface area (Å²) in [7, 11) is 0. The van der Waals surface area contributed by atoms with E-state index < -0.39 is 0 Å². The number of thiazole rings is 1. The van der Waals surface area contributed by atoms with Gasteiger partial charge in [0.25, 0.3) is 0 Å². The number of H-pyrrole nitrogens is 1. The fourth-order valence-electron chi connectivity index (χ4n) is 4.76. The third-order valence-corrected chi connectivity index (χ3v) is 6.85. The number of nitrogen functional groups attached to an aromatic ring is 1. The van der Waals surface area contributed by atoms with Crippen molar-refractivity contribution in [2.24, 2.45) is 0 Å². The van der Waals surface area contributed by atoms with Crippen LogP contribution in [0.5, 0.6) is 0 Å². The van der Waals surface area contributed by atoms with Crippen LogP contribution in [0.25, 0.3) is 43.3 Å². The van der Waals surface area contributed by atoms with Crippen LogP contribution in [0.4, 0.5) is 5.13 Å². The highest BCUT2D eigenvalue weighted by molar-refractivity contribution is 7.22. The summed E-state index contributed by atoms with van der Waals surface area (Å²) in [5.41, 5.74) is 15.9. The highest BCUT2D eigenvalue weighted by Gasteiger charge is 2.21. The van der Waals surface area contributed by atoms with E-state index in [-0.39, 0.29) is 0 Å². The number of anilines is 1. The van der Waals surface area contributed by atoms with Gasteiger partial charge in [0.15, 0.2) is 5.13 Å². The van der Waals surface area contributed by atoms with Gasteiger partial charge in [-0.2, -0.15) is 0 Å². The van der Waals surface area contributed by atoms with Crippen molar-refractivity contribution in [2.75, 3.05) is 5.73 Å². The molecule has 3 aromatic heterocycles. The third kappa shape index (κ3) is 2.23. The van der Waals surface area contributed by atoms with Gasteiger partial charge in [0.1, 0.15) is 0 Å². The predicted molar refractivity (Wildman–Crippen MR) is 118 cm³/mol. The molecule has 4 nitrogen and oxygen atoms in total. The van der Waals surface area contributed by atoms with E-state index in [0.717, 1.165) is 28.6 Å². The van der Waals surface area contributed by atoms with Gasteiger partial charge in [-0.1, -0.05) is 17.4 Å². The Morgan fingerprint density at radius 1 is 1.00 bits per heavy atom. The molecular formula is C23H20N4S. The van der Waals surface area contributed by atoms with Crippen LogP contribution < -0.4 is 5.73 Å². The number of aryl methyl sites for hydroxylation is 2. The van der Waals surface area contributed by atoms with Crippen LogP contribution in [0.2, 0.25) is 0 Å². The van der Waals surface area contributed by atoms with Gasteiger partial charge in [0.05, 0.1) is 15.7 Å². The molecule has 1 aliphatic rings. The van der Waals surface area contributed by atoms with E-state index in [9.17, 15) is 0 Å². The molecule has 0 saturated carbocycles. The van der Waals surface area contributed by atoms with Gasteiger partial charge >= 0.3 is 0 Å². The quantitative estimate of drug-likeness (QED) is 0.386. The SMILES string of the molecule is Cc1cnc2ccc3[nH]c(-c4ccc5nc(N)sc5c4)c4c(c3c12)CCCC4. The second-order valence-electron chi connectivity index (χ2n) is 7.72. The van der Waals surface area contributed by atoms with Crippen LogP contribution in [-0.2, 0) is 12.8 Å². The number of aromatic nitrogens is 3. The first-order valence-corrected chi connectivity index (χ1v) is 10.6. The zero-order valence-corrected chi connectivity index (χ0v) is 16.5. The topological polar surface area (TPSA) is 67.6 Å². The lowest BCUT2D eigenvalue weighted by Gasteiger charge is -2.23. The number of hydrogen-bond acceptors (Lipinski definition) is 4. The van der Waals surface area contributed by atoms with Crippen molar-refractivity contribution >= 4 is 48.5 Å². The van der Waals surface area contributed by atoms with Crippen LogP contribution in [0.15, 0.2) is 36.5 Å². The fraction of sp³-hybridized carbons (Fsp3) is 0.217. The molecule has 0 spiro atoms. The summed E-state index contributed by atoms with van der Waals surface area (Å²) in [5.74, 6) is 0. The molecule has 0 atom stereocenters. The lowest BCUT2D eigenvalue weighted by molar-refractivity contribution is 0.689. The summed E-state index contributed by atoms with van der Waals surface area (Å²) >= 11 is 1.55. The Morgan fingerprint density at radius 3 is 2.71 bits per heavy atom. The molecular weight excluding hydrogens is 364 g/mol. The van der Waals surface area contributed by atoms with Crippen molar-refractivity contribution in [1.82, 2.24) is 15.0 Å². The van der Waals surface area contributed by atoms with E-state index in [2.05, 4.69) is 52.2 Å². The molecule has 3 heterocycles. The molecule has 6 rings (SSSR count). The van der Waals surface area contributed by atoms with Gasteiger partial charge in [-0.3, -0.25) is 4.98 Å². The summed E-state index contributed by atoms with van der Waals surface area (Å²) in [5, 5.41) is 3.30. The van der Waals surface area contributed by atoms with Crippen molar-refractivity contribution in [2.45, 2.75) is 32.6 Å². The molecule has 0 fully saturated rings. The standard InChI is InChI=1S/C23H20N4S/c1-12-11-25-17-8-9-18-21(20(12)17)14-4-2-3-5-15(14)22(26-18)13-6-7-16-19(10-13)28-23(24)27-16/h6-11,26H,2-5H2,1H3,(H2,24,27). The Morgan fingerprint density at radius 2 is 1.82 bits per heavy atom. The molecule has 2 aromatic carbocycles. The lowest BCUT2D eigenvalue weighted by Crippen LogP contribution is -2.08. The van der Waals surface area contributed by atoms with Gasteiger partial charge in [0, 0.05) is 28.2 Å². The fourth-order valence-corrected chi connectivity index (χ4v) is 5.53. The summed E-state index contributed by atoms with van der Waals surface area (Å²) in [6.07, 6.45) is 6.73. The zero-order chi connectivity index (χ0) is 18.8. The Labute approximate surface area is 166 Å². The number of nitrogens with two attached hydrogens (primary N) is 1.